The minimum atomic E-state index is -0.354. The average Bonchev–Trinajstić information content (AvgIpc) is 3.30. The maximum absolute atomic E-state index is 11.7. The molecule has 7 nitrogen and oxygen atoms in total. The van der Waals surface area contributed by atoms with E-state index >= 15 is 0 Å². The number of amides is 2. The fraction of sp³-hybridized carbons (Fsp3) is 0.286. The van der Waals surface area contributed by atoms with E-state index in [1.165, 1.54) is 11.8 Å². The van der Waals surface area contributed by atoms with E-state index < -0.39 is 0 Å². The highest BCUT2D eigenvalue weighted by molar-refractivity contribution is 7.99. The van der Waals surface area contributed by atoms with Crippen molar-refractivity contribution in [3.05, 3.63) is 41.7 Å². The number of thioether (sulfide) groups is 1. The molecular weight excluding hydrogens is 302 g/mol. The van der Waals surface area contributed by atoms with Crippen LogP contribution in [0.15, 0.2) is 35.5 Å². The Labute approximate surface area is 131 Å². The Bertz CT molecular complexity index is 669. The predicted molar refractivity (Wildman–Crippen MR) is 81.1 cm³/mol. The topological polar surface area (TPSA) is 99.8 Å². The zero-order valence-corrected chi connectivity index (χ0v) is 12.5. The maximum Gasteiger partial charge on any atom is 0.269 e. The van der Waals surface area contributed by atoms with Crippen LogP contribution in [0.25, 0.3) is 0 Å². The molecule has 1 saturated carbocycles. The van der Waals surface area contributed by atoms with Crippen LogP contribution in [0.3, 0.4) is 0 Å². The molecular formula is C14H15N5O2S. The molecule has 2 amide bonds. The van der Waals surface area contributed by atoms with Crippen molar-refractivity contribution in [3.8, 4) is 0 Å². The van der Waals surface area contributed by atoms with E-state index in [-0.39, 0.29) is 17.6 Å². The smallest absolute Gasteiger partial charge is 0.269 e. The van der Waals surface area contributed by atoms with Gasteiger partial charge in [0.25, 0.3) is 5.91 Å². The maximum atomic E-state index is 11.7. The lowest BCUT2D eigenvalue weighted by atomic mass is 10.2. The van der Waals surface area contributed by atoms with E-state index in [9.17, 15) is 9.59 Å². The monoisotopic (exact) mass is 317 g/mol. The zero-order chi connectivity index (χ0) is 15.4. The molecule has 0 atom stereocenters. The third kappa shape index (κ3) is 3.85. The normalized spacial score (nSPS) is 13.6. The first kappa shape index (κ1) is 14.6. The second kappa shape index (κ2) is 6.61. The Morgan fingerprint density at radius 2 is 2.00 bits per heavy atom. The summed E-state index contributed by atoms with van der Waals surface area (Å²) in [6, 6.07) is 8.67. The molecule has 2 aromatic rings. The van der Waals surface area contributed by atoms with Crippen molar-refractivity contribution >= 4 is 23.6 Å². The predicted octanol–water partition coefficient (Wildman–Crippen LogP) is 1.24. The molecule has 114 valence electrons. The van der Waals surface area contributed by atoms with Gasteiger partial charge in [0.05, 0.1) is 5.75 Å². The minimum Gasteiger partial charge on any atom is -0.272 e. The SMILES string of the molecule is O=C(CSc1n[nH]c(C2CC2)n1)NNC(=O)c1ccccc1. The molecule has 0 saturated heterocycles. The van der Waals surface area contributed by atoms with E-state index in [0.29, 0.717) is 16.6 Å². The third-order valence-electron chi connectivity index (χ3n) is 3.13. The van der Waals surface area contributed by atoms with Crippen molar-refractivity contribution in [1.82, 2.24) is 26.0 Å². The molecule has 0 aliphatic heterocycles. The van der Waals surface area contributed by atoms with Gasteiger partial charge in [-0.1, -0.05) is 30.0 Å². The number of rotatable bonds is 5. The summed E-state index contributed by atoms with van der Waals surface area (Å²) in [6.45, 7) is 0. The van der Waals surface area contributed by atoms with Gasteiger partial charge in [0, 0.05) is 11.5 Å². The van der Waals surface area contributed by atoms with Gasteiger partial charge in [0.1, 0.15) is 5.82 Å². The van der Waals surface area contributed by atoms with Crippen LogP contribution in [-0.2, 0) is 4.79 Å². The number of carbonyl (C=O) groups excluding carboxylic acids is 2. The van der Waals surface area contributed by atoms with E-state index in [2.05, 4.69) is 26.0 Å². The van der Waals surface area contributed by atoms with Gasteiger partial charge in [-0.25, -0.2) is 4.98 Å². The van der Waals surface area contributed by atoms with Crippen LogP contribution in [0.1, 0.15) is 34.9 Å². The Kier molecular flexibility index (Phi) is 4.38. The number of aromatic nitrogens is 3. The van der Waals surface area contributed by atoms with Gasteiger partial charge in [-0.15, -0.1) is 5.10 Å². The molecule has 1 aliphatic carbocycles. The number of hydrazine groups is 1. The molecule has 0 unspecified atom stereocenters. The number of H-pyrrole nitrogens is 1. The molecule has 1 heterocycles. The Balaban J connectivity index is 1.41. The Morgan fingerprint density at radius 3 is 2.73 bits per heavy atom. The van der Waals surface area contributed by atoms with E-state index in [1.54, 1.807) is 24.3 Å². The Hall–Kier alpha value is -2.35. The summed E-state index contributed by atoms with van der Waals surface area (Å²) >= 11 is 1.23. The number of nitrogens with zero attached hydrogens (tertiary/aromatic N) is 2. The molecule has 1 aliphatic rings. The standard InChI is InChI=1S/C14H15N5O2S/c20-11(16-18-13(21)10-4-2-1-3-5-10)8-22-14-15-12(17-19-14)9-6-7-9/h1-5,9H,6-8H2,(H,16,20)(H,18,21)(H,15,17,19). The van der Waals surface area contributed by atoms with Crippen molar-refractivity contribution in [2.45, 2.75) is 23.9 Å². The zero-order valence-electron chi connectivity index (χ0n) is 11.7. The summed E-state index contributed by atoms with van der Waals surface area (Å²) in [5.41, 5.74) is 5.22. The van der Waals surface area contributed by atoms with Gasteiger partial charge in [-0.2, -0.15) is 0 Å². The first-order chi connectivity index (χ1) is 10.7. The third-order valence-corrected chi connectivity index (χ3v) is 3.98. The molecule has 8 heteroatoms. The van der Waals surface area contributed by atoms with Gasteiger partial charge in [0.15, 0.2) is 0 Å². The number of nitrogens with one attached hydrogen (secondary N) is 3. The molecule has 0 spiro atoms. The van der Waals surface area contributed by atoms with Crippen LogP contribution in [0, 0.1) is 0 Å². The van der Waals surface area contributed by atoms with Crippen molar-refractivity contribution in [1.29, 1.82) is 0 Å². The van der Waals surface area contributed by atoms with Crippen LogP contribution in [-0.4, -0.2) is 32.7 Å². The highest BCUT2D eigenvalue weighted by Crippen LogP contribution is 2.38. The van der Waals surface area contributed by atoms with Gasteiger partial charge >= 0.3 is 0 Å². The minimum absolute atomic E-state index is 0.136. The lowest BCUT2D eigenvalue weighted by molar-refractivity contribution is -0.119. The molecule has 3 N–H and O–H groups in total. The molecule has 1 aromatic heterocycles. The molecule has 3 rings (SSSR count). The molecule has 1 fully saturated rings. The number of aromatic amines is 1. The lowest BCUT2D eigenvalue weighted by Crippen LogP contribution is -2.42. The van der Waals surface area contributed by atoms with Gasteiger partial charge in [-0.3, -0.25) is 25.5 Å². The molecule has 1 aromatic carbocycles. The first-order valence-electron chi connectivity index (χ1n) is 6.91. The summed E-state index contributed by atoms with van der Waals surface area (Å²) in [5, 5.41) is 7.48. The van der Waals surface area contributed by atoms with Crippen LogP contribution in [0.4, 0.5) is 0 Å². The summed E-state index contributed by atoms with van der Waals surface area (Å²) < 4.78 is 0. The van der Waals surface area contributed by atoms with E-state index in [1.807, 2.05) is 6.07 Å². The average molecular weight is 317 g/mol. The number of benzene rings is 1. The van der Waals surface area contributed by atoms with E-state index in [0.717, 1.165) is 18.7 Å². The summed E-state index contributed by atoms with van der Waals surface area (Å²) in [7, 11) is 0. The van der Waals surface area contributed by atoms with Crippen LogP contribution < -0.4 is 10.9 Å². The van der Waals surface area contributed by atoms with Crippen LogP contribution >= 0.6 is 11.8 Å². The first-order valence-corrected chi connectivity index (χ1v) is 7.90. The second-order valence-electron chi connectivity index (χ2n) is 4.93. The van der Waals surface area contributed by atoms with Crippen LogP contribution in [0.2, 0.25) is 0 Å². The molecule has 0 bridgehead atoms. The number of hydrogen-bond acceptors (Lipinski definition) is 5. The summed E-state index contributed by atoms with van der Waals surface area (Å²) in [5.74, 6) is 0.859. The van der Waals surface area contributed by atoms with Gasteiger partial charge in [0.2, 0.25) is 11.1 Å². The van der Waals surface area contributed by atoms with Crippen LogP contribution in [0.5, 0.6) is 0 Å². The Morgan fingerprint density at radius 1 is 1.23 bits per heavy atom. The summed E-state index contributed by atoms with van der Waals surface area (Å²) in [4.78, 5) is 27.8. The lowest BCUT2D eigenvalue weighted by Gasteiger charge is -2.06. The number of carbonyl (C=O) groups is 2. The summed E-state index contributed by atoms with van der Waals surface area (Å²) in [6.07, 6.45) is 2.29. The molecule has 0 radical (unpaired) electrons. The quantitative estimate of drug-likeness (QED) is 0.569. The van der Waals surface area contributed by atoms with Gasteiger partial charge < -0.3 is 0 Å². The van der Waals surface area contributed by atoms with Gasteiger partial charge in [-0.05, 0) is 25.0 Å². The van der Waals surface area contributed by atoms with Crippen molar-refractivity contribution in [2.24, 2.45) is 0 Å². The fourth-order valence-electron chi connectivity index (χ4n) is 1.82. The van der Waals surface area contributed by atoms with E-state index in [4.69, 9.17) is 0 Å². The fourth-order valence-corrected chi connectivity index (χ4v) is 2.42. The molecule has 22 heavy (non-hydrogen) atoms. The highest BCUT2D eigenvalue weighted by Gasteiger charge is 2.27. The van der Waals surface area contributed by atoms with Crippen molar-refractivity contribution in [2.75, 3.05) is 5.75 Å². The highest BCUT2D eigenvalue weighted by atomic mass is 32.2. The van der Waals surface area contributed by atoms with Crippen molar-refractivity contribution in [3.63, 3.8) is 0 Å². The second-order valence-corrected chi connectivity index (χ2v) is 5.88. The number of hydrogen-bond donors (Lipinski definition) is 3. The van der Waals surface area contributed by atoms with Crippen molar-refractivity contribution < 1.29 is 9.59 Å². The largest absolute Gasteiger partial charge is 0.272 e.